The molecule has 0 spiro atoms. The van der Waals surface area contributed by atoms with Crippen LogP contribution in [0.2, 0.25) is 0 Å². The smallest absolute Gasteiger partial charge is 0.0787 e. The first-order chi connectivity index (χ1) is 8.26. The van der Waals surface area contributed by atoms with Gasteiger partial charge in [-0.25, -0.2) is 0 Å². The van der Waals surface area contributed by atoms with Gasteiger partial charge in [0.25, 0.3) is 0 Å². The molecule has 0 bridgehead atoms. The molecule has 1 aromatic carbocycles. The predicted molar refractivity (Wildman–Crippen MR) is 72.3 cm³/mol. The van der Waals surface area contributed by atoms with Gasteiger partial charge in [0.1, 0.15) is 0 Å². The molecule has 92 valence electrons. The van der Waals surface area contributed by atoms with Crippen molar-refractivity contribution in [1.82, 2.24) is 0 Å². The van der Waals surface area contributed by atoms with Crippen molar-refractivity contribution in [2.24, 2.45) is 0 Å². The molecular formula is C15H21NO. The van der Waals surface area contributed by atoms with Gasteiger partial charge >= 0.3 is 0 Å². The van der Waals surface area contributed by atoms with Gasteiger partial charge in [-0.05, 0) is 37.0 Å². The third-order valence-corrected chi connectivity index (χ3v) is 3.31. The van der Waals surface area contributed by atoms with Crippen LogP contribution in [0.1, 0.15) is 37.9 Å². The lowest BCUT2D eigenvalue weighted by Crippen LogP contribution is -2.25. The fourth-order valence-electron chi connectivity index (χ4n) is 2.11. The molecule has 1 aromatic rings. The first kappa shape index (κ1) is 12.2. The molecule has 0 amide bonds. The van der Waals surface area contributed by atoms with Gasteiger partial charge in [-0.3, -0.25) is 0 Å². The number of hydrogen-bond acceptors (Lipinski definition) is 2. The summed E-state index contributed by atoms with van der Waals surface area (Å²) in [5.74, 6) is 0. The van der Waals surface area contributed by atoms with E-state index in [9.17, 15) is 5.11 Å². The largest absolute Gasteiger partial charge is 0.388 e. The highest BCUT2D eigenvalue weighted by Crippen LogP contribution is 2.32. The Bertz CT molecular complexity index is 367. The maximum absolute atomic E-state index is 9.75. The minimum atomic E-state index is -0.335. The molecule has 1 saturated carbocycles. The zero-order valence-electron chi connectivity index (χ0n) is 10.5. The zero-order valence-corrected chi connectivity index (χ0v) is 10.5. The lowest BCUT2D eigenvalue weighted by atomic mass is 10.1. The Kier molecular flexibility index (Phi) is 3.85. The molecule has 2 rings (SSSR count). The van der Waals surface area contributed by atoms with Crippen LogP contribution < -0.4 is 4.90 Å². The molecular weight excluding hydrogens is 210 g/mol. The van der Waals surface area contributed by atoms with Crippen LogP contribution in [0.3, 0.4) is 0 Å². The average Bonchev–Trinajstić information content (AvgIpc) is 3.19. The SMILES string of the molecule is C=CCN(c1ccc([C@H](O)CC)cc1)C1CC1. The molecule has 2 heteroatoms. The van der Waals surface area contributed by atoms with Gasteiger partial charge in [0.05, 0.1) is 6.10 Å². The third kappa shape index (κ3) is 2.89. The van der Waals surface area contributed by atoms with Crippen LogP contribution in [-0.4, -0.2) is 17.7 Å². The highest BCUT2D eigenvalue weighted by molar-refractivity contribution is 5.50. The van der Waals surface area contributed by atoms with Crippen molar-refractivity contribution in [1.29, 1.82) is 0 Å². The summed E-state index contributed by atoms with van der Waals surface area (Å²) in [6, 6.07) is 8.96. The van der Waals surface area contributed by atoms with Gasteiger partial charge in [-0.2, -0.15) is 0 Å². The summed E-state index contributed by atoms with van der Waals surface area (Å²) in [6.07, 6.45) is 4.95. The van der Waals surface area contributed by atoms with Crippen LogP contribution in [0.4, 0.5) is 5.69 Å². The van der Waals surface area contributed by atoms with E-state index in [1.165, 1.54) is 18.5 Å². The predicted octanol–water partition coefficient (Wildman–Crippen LogP) is 3.28. The standard InChI is InChI=1S/C15H21NO/c1-3-11-16(14-9-10-14)13-7-5-12(6-8-13)15(17)4-2/h3,5-8,14-15,17H,1,4,9-11H2,2H3/t15-/m1/s1. The van der Waals surface area contributed by atoms with Gasteiger partial charge in [0.2, 0.25) is 0 Å². The van der Waals surface area contributed by atoms with E-state index in [4.69, 9.17) is 0 Å². The molecule has 0 heterocycles. The molecule has 1 aliphatic rings. The molecule has 17 heavy (non-hydrogen) atoms. The summed E-state index contributed by atoms with van der Waals surface area (Å²) >= 11 is 0. The van der Waals surface area contributed by atoms with Crippen molar-refractivity contribution in [2.75, 3.05) is 11.4 Å². The van der Waals surface area contributed by atoms with Crippen LogP contribution in [0.25, 0.3) is 0 Å². The Labute approximate surface area is 104 Å². The van der Waals surface area contributed by atoms with E-state index in [2.05, 4.69) is 23.6 Å². The lowest BCUT2D eigenvalue weighted by Gasteiger charge is -2.23. The molecule has 0 saturated heterocycles. The number of aliphatic hydroxyl groups excluding tert-OH is 1. The summed E-state index contributed by atoms with van der Waals surface area (Å²) in [5.41, 5.74) is 2.24. The molecule has 1 N–H and O–H groups in total. The number of aliphatic hydroxyl groups is 1. The molecule has 0 aromatic heterocycles. The Morgan fingerprint density at radius 1 is 1.41 bits per heavy atom. The fraction of sp³-hybridized carbons (Fsp3) is 0.467. The first-order valence-electron chi connectivity index (χ1n) is 6.41. The molecule has 1 atom stereocenters. The Balaban J connectivity index is 2.12. The van der Waals surface area contributed by atoms with Crippen LogP contribution in [0.5, 0.6) is 0 Å². The van der Waals surface area contributed by atoms with Crippen molar-refractivity contribution in [3.63, 3.8) is 0 Å². The van der Waals surface area contributed by atoms with Gasteiger partial charge in [0.15, 0.2) is 0 Å². The summed E-state index contributed by atoms with van der Waals surface area (Å²) < 4.78 is 0. The van der Waals surface area contributed by atoms with Crippen molar-refractivity contribution >= 4 is 5.69 Å². The van der Waals surface area contributed by atoms with Crippen molar-refractivity contribution < 1.29 is 5.11 Å². The van der Waals surface area contributed by atoms with Gasteiger partial charge < -0.3 is 10.0 Å². The number of anilines is 1. The second kappa shape index (κ2) is 5.37. The maximum Gasteiger partial charge on any atom is 0.0787 e. The monoisotopic (exact) mass is 231 g/mol. The van der Waals surface area contributed by atoms with Crippen LogP contribution in [-0.2, 0) is 0 Å². The number of nitrogens with zero attached hydrogens (tertiary/aromatic N) is 1. The van der Waals surface area contributed by atoms with E-state index >= 15 is 0 Å². The topological polar surface area (TPSA) is 23.5 Å². The fourth-order valence-corrected chi connectivity index (χ4v) is 2.11. The van der Waals surface area contributed by atoms with Crippen LogP contribution in [0.15, 0.2) is 36.9 Å². The second-order valence-electron chi connectivity index (χ2n) is 4.69. The van der Waals surface area contributed by atoms with Gasteiger partial charge in [-0.1, -0.05) is 25.1 Å². The molecule has 1 aliphatic carbocycles. The minimum absolute atomic E-state index is 0.335. The Hall–Kier alpha value is -1.28. The van der Waals surface area contributed by atoms with Crippen LogP contribution in [0, 0.1) is 0 Å². The third-order valence-electron chi connectivity index (χ3n) is 3.31. The molecule has 2 nitrogen and oxygen atoms in total. The summed E-state index contributed by atoms with van der Waals surface area (Å²) in [4.78, 5) is 2.38. The van der Waals surface area contributed by atoms with Crippen molar-refractivity contribution in [3.05, 3.63) is 42.5 Å². The quantitative estimate of drug-likeness (QED) is 0.759. The normalized spacial score (nSPS) is 16.6. The van der Waals surface area contributed by atoms with E-state index in [-0.39, 0.29) is 6.10 Å². The minimum Gasteiger partial charge on any atom is -0.388 e. The molecule has 0 aliphatic heterocycles. The van der Waals surface area contributed by atoms with Crippen LogP contribution >= 0.6 is 0 Å². The van der Waals surface area contributed by atoms with E-state index < -0.39 is 0 Å². The average molecular weight is 231 g/mol. The zero-order chi connectivity index (χ0) is 12.3. The summed E-state index contributed by atoms with van der Waals surface area (Å²) in [5, 5.41) is 9.75. The Morgan fingerprint density at radius 2 is 2.06 bits per heavy atom. The highest BCUT2D eigenvalue weighted by Gasteiger charge is 2.28. The van der Waals surface area contributed by atoms with Gasteiger partial charge in [0, 0.05) is 18.3 Å². The van der Waals surface area contributed by atoms with E-state index in [1.54, 1.807) is 0 Å². The maximum atomic E-state index is 9.75. The first-order valence-corrected chi connectivity index (χ1v) is 6.41. The van der Waals surface area contributed by atoms with Crippen molar-refractivity contribution in [3.8, 4) is 0 Å². The molecule has 0 radical (unpaired) electrons. The van der Waals surface area contributed by atoms with Gasteiger partial charge in [-0.15, -0.1) is 6.58 Å². The highest BCUT2D eigenvalue weighted by atomic mass is 16.3. The second-order valence-corrected chi connectivity index (χ2v) is 4.69. The number of rotatable bonds is 6. The van der Waals surface area contributed by atoms with E-state index in [1.807, 2.05) is 25.1 Å². The number of hydrogen-bond donors (Lipinski definition) is 1. The molecule has 0 unspecified atom stereocenters. The lowest BCUT2D eigenvalue weighted by molar-refractivity contribution is 0.173. The summed E-state index contributed by atoms with van der Waals surface area (Å²) in [6.45, 7) is 6.71. The summed E-state index contributed by atoms with van der Waals surface area (Å²) in [7, 11) is 0. The van der Waals surface area contributed by atoms with E-state index in [0.29, 0.717) is 6.04 Å². The van der Waals surface area contributed by atoms with Crippen molar-refractivity contribution in [2.45, 2.75) is 38.3 Å². The van der Waals surface area contributed by atoms with E-state index in [0.717, 1.165) is 18.5 Å². The molecule has 1 fully saturated rings. The number of benzene rings is 1. The Morgan fingerprint density at radius 3 is 2.53 bits per heavy atom.